The molecule has 10 nitrogen and oxygen atoms in total. The zero-order valence-corrected chi connectivity index (χ0v) is 15.4. The van der Waals surface area contributed by atoms with Gasteiger partial charge in [-0.15, -0.1) is 0 Å². The van der Waals surface area contributed by atoms with Crippen LogP contribution in [0.15, 0.2) is 36.4 Å². The zero-order valence-electron chi connectivity index (χ0n) is 15.4. The lowest BCUT2D eigenvalue weighted by Gasteiger charge is -2.12. The first kappa shape index (κ1) is 20.5. The second-order valence-corrected chi connectivity index (χ2v) is 5.33. The first-order valence-corrected chi connectivity index (χ1v) is 7.91. The molecular formula is C18H18N2O8. The Kier molecular flexibility index (Phi) is 6.74. The molecule has 0 heterocycles. The molecule has 2 aromatic carbocycles. The predicted octanol–water partition coefficient (Wildman–Crippen LogP) is 2.42. The third kappa shape index (κ3) is 4.87. The van der Waals surface area contributed by atoms with Crippen LogP contribution in [-0.4, -0.2) is 44.7 Å². The number of esters is 1. The third-order valence-corrected chi connectivity index (χ3v) is 3.63. The van der Waals surface area contributed by atoms with Crippen molar-refractivity contribution in [3.63, 3.8) is 0 Å². The number of nitrogens with zero attached hydrogens (tertiary/aromatic N) is 1. The Morgan fingerprint density at radius 2 is 1.71 bits per heavy atom. The van der Waals surface area contributed by atoms with E-state index in [1.165, 1.54) is 33.5 Å². The van der Waals surface area contributed by atoms with E-state index in [-0.39, 0.29) is 17.0 Å². The highest BCUT2D eigenvalue weighted by Crippen LogP contribution is 2.29. The second-order valence-electron chi connectivity index (χ2n) is 5.33. The van der Waals surface area contributed by atoms with Crippen LogP contribution in [0, 0.1) is 10.1 Å². The normalized spacial score (nSPS) is 9.96. The van der Waals surface area contributed by atoms with Crippen molar-refractivity contribution in [1.82, 2.24) is 0 Å². The predicted molar refractivity (Wildman–Crippen MR) is 98.1 cm³/mol. The monoisotopic (exact) mass is 390 g/mol. The summed E-state index contributed by atoms with van der Waals surface area (Å²) in [5.41, 5.74) is -0.107. The number of nitro groups is 1. The van der Waals surface area contributed by atoms with Crippen LogP contribution < -0.4 is 19.5 Å². The Bertz CT molecular complexity index is 897. The van der Waals surface area contributed by atoms with Crippen molar-refractivity contribution in [3.8, 4) is 17.2 Å². The summed E-state index contributed by atoms with van der Waals surface area (Å²) >= 11 is 0. The van der Waals surface area contributed by atoms with Gasteiger partial charge in [0.2, 0.25) is 0 Å². The van der Waals surface area contributed by atoms with E-state index in [9.17, 15) is 19.7 Å². The van der Waals surface area contributed by atoms with Gasteiger partial charge in [-0.2, -0.15) is 0 Å². The highest BCUT2D eigenvalue weighted by Gasteiger charge is 2.20. The van der Waals surface area contributed by atoms with Crippen LogP contribution in [0.3, 0.4) is 0 Å². The van der Waals surface area contributed by atoms with E-state index in [1.807, 2.05) is 0 Å². The Hall–Kier alpha value is -3.82. The van der Waals surface area contributed by atoms with Crippen molar-refractivity contribution >= 4 is 23.3 Å². The highest BCUT2D eigenvalue weighted by atomic mass is 16.6. The van der Waals surface area contributed by atoms with Crippen molar-refractivity contribution in [2.45, 2.75) is 0 Å². The minimum Gasteiger partial charge on any atom is -0.497 e. The number of ether oxygens (including phenoxy) is 4. The molecule has 0 radical (unpaired) electrons. The van der Waals surface area contributed by atoms with Gasteiger partial charge in [0.15, 0.2) is 6.61 Å². The van der Waals surface area contributed by atoms with Gasteiger partial charge in [-0.05, 0) is 18.2 Å². The number of nitrogens with one attached hydrogen (secondary N) is 1. The first-order valence-electron chi connectivity index (χ1n) is 7.91. The van der Waals surface area contributed by atoms with Crippen LogP contribution in [-0.2, 0) is 9.53 Å². The molecule has 0 saturated heterocycles. The summed E-state index contributed by atoms with van der Waals surface area (Å²) in [6, 6.07) is 8.26. The quantitative estimate of drug-likeness (QED) is 0.414. The summed E-state index contributed by atoms with van der Waals surface area (Å²) in [7, 11) is 4.23. The van der Waals surface area contributed by atoms with Gasteiger partial charge in [-0.1, -0.05) is 0 Å². The van der Waals surface area contributed by atoms with Crippen molar-refractivity contribution in [2.75, 3.05) is 33.3 Å². The number of non-ortho nitro benzene ring substituents is 1. The number of methoxy groups -OCH3 is 3. The summed E-state index contributed by atoms with van der Waals surface area (Å²) in [6.07, 6.45) is 0. The lowest BCUT2D eigenvalue weighted by molar-refractivity contribution is -0.384. The molecule has 28 heavy (non-hydrogen) atoms. The van der Waals surface area contributed by atoms with Gasteiger partial charge in [-0.3, -0.25) is 14.9 Å². The van der Waals surface area contributed by atoms with Gasteiger partial charge in [-0.25, -0.2) is 4.79 Å². The molecule has 0 aliphatic heterocycles. The van der Waals surface area contributed by atoms with Gasteiger partial charge in [0.1, 0.15) is 22.8 Å². The van der Waals surface area contributed by atoms with Crippen LogP contribution in [0.5, 0.6) is 17.2 Å². The van der Waals surface area contributed by atoms with Crippen molar-refractivity contribution < 1.29 is 33.5 Å². The molecule has 0 atom stereocenters. The topological polar surface area (TPSA) is 126 Å². The largest absolute Gasteiger partial charge is 0.497 e. The summed E-state index contributed by atoms with van der Waals surface area (Å²) < 4.78 is 20.2. The molecule has 2 rings (SSSR count). The Balaban J connectivity index is 2.06. The van der Waals surface area contributed by atoms with E-state index in [4.69, 9.17) is 18.9 Å². The molecule has 0 aliphatic carbocycles. The average Bonchev–Trinajstić information content (AvgIpc) is 2.71. The molecule has 0 fully saturated rings. The van der Waals surface area contributed by atoms with Gasteiger partial charge < -0.3 is 24.3 Å². The molecule has 148 valence electrons. The van der Waals surface area contributed by atoms with Crippen molar-refractivity contribution in [2.24, 2.45) is 0 Å². The molecule has 0 saturated carbocycles. The SMILES string of the molecule is COc1ccc(NC(=O)COC(=O)c2cc([N+](=O)[O-])ccc2OC)c(OC)c1. The van der Waals surface area contributed by atoms with Gasteiger partial charge >= 0.3 is 5.97 Å². The van der Waals surface area contributed by atoms with E-state index in [1.54, 1.807) is 18.2 Å². The number of nitro benzene ring substituents is 1. The number of anilines is 1. The summed E-state index contributed by atoms with van der Waals surface area (Å²) in [5.74, 6) is -0.565. The van der Waals surface area contributed by atoms with E-state index >= 15 is 0 Å². The lowest BCUT2D eigenvalue weighted by atomic mass is 10.2. The van der Waals surface area contributed by atoms with Crippen LogP contribution in [0.2, 0.25) is 0 Å². The Morgan fingerprint density at radius 1 is 1.00 bits per heavy atom. The summed E-state index contributed by atoms with van der Waals surface area (Å²) in [6.45, 7) is -0.611. The standard InChI is InChI=1S/C18H18N2O8/c1-25-12-5-6-14(16(9-12)27-3)19-17(21)10-28-18(22)13-8-11(20(23)24)4-7-15(13)26-2/h4-9H,10H2,1-3H3,(H,19,21). The highest BCUT2D eigenvalue weighted by molar-refractivity contribution is 5.97. The maximum atomic E-state index is 12.2. The number of carbonyl (C=O) groups is 2. The van der Waals surface area contributed by atoms with Crippen molar-refractivity contribution in [3.05, 3.63) is 52.1 Å². The fraction of sp³-hybridized carbons (Fsp3) is 0.222. The lowest BCUT2D eigenvalue weighted by Crippen LogP contribution is -2.21. The molecule has 0 bridgehead atoms. The molecule has 0 aliphatic rings. The maximum Gasteiger partial charge on any atom is 0.342 e. The fourth-order valence-corrected chi connectivity index (χ4v) is 2.27. The zero-order chi connectivity index (χ0) is 20.7. The first-order chi connectivity index (χ1) is 13.4. The molecular weight excluding hydrogens is 372 g/mol. The number of amides is 1. The fourth-order valence-electron chi connectivity index (χ4n) is 2.27. The second kappa shape index (κ2) is 9.21. The number of hydrogen-bond acceptors (Lipinski definition) is 8. The maximum absolute atomic E-state index is 12.2. The molecule has 0 aromatic heterocycles. The molecule has 0 spiro atoms. The van der Waals surface area contributed by atoms with Gasteiger partial charge in [0.25, 0.3) is 11.6 Å². The molecule has 2 aromatic rings. The molecule has 10 heteroatoms. The smallest absolute Gasteiger partial charge is 0.342 e. The molecule has 0 unspecified atom stereocenters. The summed E-state index contributed by atoms with van der Waals surface area (Å²) in [5, 5.41) is 13.4. The number of benzene rings is 2. The van der Waals surface area contributed by atoms with Gasteiger partial charge in [0.05, 0.1) is 31.9 Å². The van der Waals surface area contributed by atoms with Crippen molar-refractivity contribution in [1.29, 1.82) is 0 Å². The third-order valence-electron chi connectivity index (χ3n) is 3.63. The van der Waals surface area contributed by atoms with E-state index in [2.05, 4.69) is 5.32 Å². The molecule has 1 amide bonds. The minimum absolute atomic E-state index is 0.0906. The number of carbonyl (C=O) groups excluding carboxylic acids is 2. The van der Waals surface area contributed by atoms with Crippen LogP contribution in [0.25, 0.3) is 0 Å². The van der Waals surface area contributed by atoms with E-state index < -0.39 is 23.4 Å². The molecule has 1 N–H and O–H groups in total. The minimum atomic E-state index is -0.933. The van der Waals surface area contributed by atoms with E-state index in [0.717, 1.165) is 6.07 Å². The number of rotatable bonds is 8. The average molecular weight is 390 g/mol. The van der Waals surface area contributed by atoms with Crippen LogP contribution in [0.1, 0.15) is 10.4 Å². The van der Waals surface area contributed by atoms with Crippen LogP contribution >= 0.6 is 0 Å². The summed E-state index contributed by atoms with van der Waals surface area (Å²) in [4.78, 5) is 34.5. The Labute approximate surface area is 160 Å². The van der Waals surface area contributed by atoms with E-state index in [0.29, 0.717) is 17.2 Å². The number of hydrogen-bond donors (Lipinski definition) is 1. The van der Waals surface area contributed by atoms with Gasteiger partial charge in [0, 0.05) is 18.2 Å². The Morgan fingerprint density at radius 3 is 2.32 bits per heavy atom. The van der Waals surface area contributed by atoms with Crippen LogP contribution in [0.4, 0.5) is 11.4 Å².